The van der Waals surface area contributed by atoms with Crippen LogP contribution in [0.2, 0.25) is 0 Å². The van der Waals surface area contributed by atoms with Gasteiger partial charge in [-0.2, -0.15) is 0 Å². The average molecular weight is 429 g/mol. The van der Waals surface area contributed by atoms with Crippen LogP contribution < -0.4 is 0 Å². The highest BCUT2D eigenvalue weighted by molar-refractivity contribution is 5.97. The highest BCUT2D eigenvalue weighted by Crippen LogP contribution is 2.39. The standard InChI is InChI=1S/C28H36N4/c1-21-19-27(3,31(7)25(29(21)5)23-15-11-9-12-16-23)28(4)20-22(2)30(6)26(32(28)8)24-17-13-10-14-18-24/h9-20H,1-8H3/q+2. The van der Waals surface area contributed by atoms with Gasteiger partial charge >= 0.3 is 0 Å². The molecule has 0 spiro atoms. The van der Waals surface area contributed by atoms with E-state index in [-0.39, 0.29) is 11.1 Å². The summed E-state index contributed by atoms with van der Waals surface area (Å²) in [5.74, 6) is 2.43. The van der Waals surface area contributed by atoms with Gasteiger partial charge in [-0.3, -0.25) is 0 Å². The number of benzene rings is 2. The molecule has 2 atom stereocenters. The Morgan fingerprint density at radius 1 is 0.594 bits per heavy atom. The summed E-state index contributed by atoms with van der Waals surface area (Å²) in [6.07, 6.45) is 4.85. The topological polar surface area (TPSA) is 12.5 Å². The van der Waals surface area contributed by atoms with Gasteiger partial charge in [0, 0.05) is 12.2 Å². The molecule has 4 heteroatoms. The van der Waals surface area contributed by atoms with E-state index in [1.807, 2.05) is 0 Å². The number of rotatable bonds is 3. The molecule has 0 saturated carbocycles. The van der Waals surface area contributed by atoms with Crippen molar-refractivity contribution < 1.29 is 9.15 Å². The first kappa shape index (κ1) is 22.1. The summed E-state index contributed by atoms with van der Waals surface area (Å²) in [5.41, 5.74) is 4.39. The molecule has 4 nitrogen and oxygen atoms in total. The van der Waals surface area contributed by atoms with E-state index in [1.165, 1.54) is 34.2 Å². The van der Waals surface area contributed by atoms with E-state index in [0.29, 0.717) is 0 Å². The van der Waals surface area contributed by atoms with Crippen molar-refractivity contribution in [2.75, 3.05) is 28.2 Å². The van der Waals surface area contributed by atoms with Crippen molar-refractivity contribution in [1.29, 1.82) is 0 Å². The fourth-order valence-corrected chi connectivity index (χ4v) is 5.35. The number of hydrogen-bond donors (Lipinski definition) is 0. The molecule has 0 N–H and O–H groups in total. The highest BCUT2D eigenvalue weighted by Gasteiger charge is 2.57. The molecule has 0 aliphatic carbocycles. The van der Waals surface area contributed by atoms with Crippen LogP contribution in [0.5, 0.6) is 0 Å². The maximum Gasteiger partial charge on any atom is 0.284 e. The normalized spacial score (nSPS) is 26.4. The summed E-state index contributed by atoms with van der Waals surface area (Å²) in [4.78, 5) is 4.60. The third kappa shape index (κ3) is 3.12. The molecule has 2 aliphatic rings. The molecule has 2 unspecified atom stereocenters. The summed E-state index contributed by atoms with van der Waals surface area (Å²) >= 11 is 0. The van der Waals surface area contributed by atoms with Crippen LogP contribution in [0.15, 0.2) is 84.2 Å². The van der Waals surface area contributed by atoms with Crippen LogP contribution in [0.3, 0.4) is 0 Å². The Hall–Kier alpha value is -3.14. The number of allylic oxidation sites excluding steroid dienone is 2. The van der Waals surface area contributed by atoms with Crippen LogP contribution >= 0.6 is 0 Å². The minimum absolute atomic E-state index is 0.286. The molecule has 0 amide bonds. The van der Waals surface area contributed by atoms with Crippen molar-refractivity contribution in [3.05, 3.63) is 95.3 Å². The van der Waals surface area contributed by atoms with Crippen molar-refractivity contribution in [3.63, 3.8) is 0 Å². The van der Waals surface area contributed by atoms with Crippen LogP contribution in [0.4, 0.5) is 0 Å². The predicted octanol–water partition coefficient (Wildman–Crippen LogP) is 4.38. The Bertz CT molecular complexity index is 1060. The quantitative estimate of drug-likeness (QED) is 0.673. The van der Waals surface area contributed by atoms with Gasteiger partial charge in [0.05, 0.1) is 39.3 Å². The van der Waals surface area contributed by atoms with Crippen LogP contribution in [-0.2, 0) is 0 Å². The molecule has 4 rings (SSSR count). The fraction of sp³-hybridized carbons (Fsp3) is 0.357. The van der Waals surface area contributed by atoms with Gasteiger partial charge in [-0.05, 0) is 52.0 Å². The van der Waals surface area contributed by atoms with E-state index in [0.717, 1.165) is 0 Å². The minimum atomic E-state index is -0.286. The first-order valence-electron chi connectivity index (χ1n) is 11.3. The van der Waals surface area contributed by atoms with Gasteiger partial charge in [0.25, 0.3) is 11.7 Å². The lowest BCUT2D eigenvalue weighted by molar-refractivity contribution is -0.677. The van der Waals surface area contributed by atoms with Crippen molar-refractivity contribution in [2.24, 2.45) is 0 Å². The Morgan fingerprint density at radius 2 is 0.906 bits per heavy atom. The molecule has 2 aromatic carbocycles. The predicted molar refractivity (Wildman–Crippen MR) is 133 cm³/mol. The molecule has 2 aromatic rings. The highest BCUT2D eigenvalue weighted by atomic mass is 15.3. The Morgan fingerprint density at radius 3 is 1.22 bits per heavy atom. The second-order valence-electron chi connectivity index (χ2n) is 9.48. The lowest BCUT2D eigenvalue weighted by Gasteiger charge is -2.46. The molecule has 0 aromatic heterocycles. The van der Waals surface area contributed by atoms with Gasteiger partial charge in [-0.25, -0.2) is 19.0 Å². The summed E-state index contributed by atoms with van der Waals surface area (Å²) in [5, 5.41) is 0. The Balaban J connectivity index is 1.99. The van der Waals surface area contributed by atoms with Crippen molar-refractivity contribution in [3.8, 4) is 0 Å². The summed E-state index contributed by atoms with van der Waals surface area (Å²) in [7, 11) is 8.77. The largest absolute Gasteiger partial charge is 0.284 e. The maximum absolute atomic E-state index is 2.45. The maximum atomic E-state index is 2.45. The SMILES string of the molecule is CC1=CC(C)(C2(C)C=C(C)N(C)C(c3ccccc3)=[N+]2C)[N+](C)=C(c2ccccc2)N1C. The molecule has 32 heavy (non-hydrogen) atoms. The van der Waals surface area contributed by atoms with Gasteiger partial charge in [0.1, 0.15) is 11.4 Å². The van der Waals surface area contributed by atoms with Crippen molar-refractivity contribution in [2.45, 2.75) is 38.8 Å². The first-order chi connectivity index (χ1) is 15.1. The zero-order valence-electron chi connectivity index (χ0n) is 20.7. The molecule has 2 aliphatic heterocycles. The molecule has 0 saturated heterocycles. The number of nitrogens with zero attached hydrogens (tertiary/aromatic N) is 4. The van der Waals surface area contributed by atoms with E-state index >= 15 is 0 Å². The lowest BCUT2D eigenvalue weighted by atomic mass is 9.75. The molecular formula is C28H36N4+2. The van der Waals surface area contributed by atoms with E-state index in [1.54, 1.807) is 0 Å². The monoisotopic (exact) mass is 428 g/mol. The number of amidine groups is 2. The molecule has 0 radical (unpaired) electrons. The van der Waals surface area contributed by atoms with Crippen LogP contribution in [-0.4, -0.2) is 69.9 Å². The van der Waals surface area contributed by atoms with Crippen molar-refractivity contribution in [1.82, 2.24) is 9.80 Å². The van der Waals surface area contributed by atoms with Gasteiger partial charge in [0.15, 0.2) is 11.1 Å². The average Bonchev–Trinajstić information content (AvgIpc) is 2.78. The molecule has 0 fully saturated rings. The van der Waals surface area contributed by atoms with Gasteiger partial charge in [-0.1, -0.05) is 36.4 Å². The molecule has 0 bridgehead atoms. The van der Waals surface area contributed by atoms with E-state index < -0.39 is 0 Å². The van der Waals surface area contributed by atoms with E-state index in [4.69, 9.17) is 0 Å². The summed E-state index contributed by atoms with van der Waals surface area (Å²) in [6, 6.07) is 21.4. The smallest absolute Gasteiger partial charge is 0.250 e. The third-order valence-corrected chi connectivity index (χ3v) is 7.79. The van der Waals surface area contributed by atoms with Crippen LogP contribution in [0, 0.1) is 0 Å². The van der Waals surface area contributed by atoms with E-state index in [2.05, 4.69) is 148 Å². The Kier molecular flexibility index (Phi) is 5.36. The van der Waals surface area contributed by atoms with Gasteiger partial charge in [-0.15, -0.1) is 0 Å². The van der Waals surface area contributed by atoms with Crippen LogP contribution in [0.25, 0.3) is 0 Å². The first-order valence-corrected chi connectivity index (χ1v) is 11.3. The second-order valence-corrected chi connectivity index (χ2v) is 9.48. The van der Waals surface area contributed by atoms with Gasteiger partial charge < -0.3 is 0 Å². The number of likely N-dealkylation sites (N-methyl/N-ethyl adjacent to an activating group) is 2. The van der Waals surface area contributed by atoms with E-state index in [9.17, 15) is 0 Å². The number of hydrogen-bond acceptors (Lipinski definition) is 2. The minimum Gasteiger partial charge on any atom is -0.250 e. The molecular weight excluding hydrogens is 392 g/mol. The summed E-state index contributed by atoms with van der Waals surface area (Å²) < 4.78 is 4.90. The summed E-state index contributed by atoms with van der Waals surface area (Å²) in [6.45, 7) is 9.15. The zero-order chi connectivity index (χ0) is 23.3. The second kappa shape index (κ2) is 7.77. The zero-order valence-corrected chi connectivity index (χ0v) is 20.7. The van der Waals surface area contributed by atoms with Crippen molar-refractivity contribution >= 4 is 11.7 Å². The molecule has 2 heterocycles. The molecule has 166 valence electrons. The van der Waals surface area contributed by atoms with Crippen LogP contribution in [0.1, 0.15) is 38.8 Å². The Labute approximate surface area is 193 Å². The third-order valence-electron chi connectivity index (χ3n) is 7.79. The fourth-order valence-electron chi connectivity index (χ4n) is 5.35. The van der Waals surface area contributed by atoms with Gasteiger partial charge in [0.2, 0.25) is 0 Å². The lowest BCUT2D eigenvalue weighted by Crippen LogP contribution is -2.66.